The van der Waals surface area contributed by atoms with E-state index < -0.39 is 0 Å². The van der Waals surface area contributed by atoms with Crippen molar-refractivity contribution in [1.82, 2.24) is 10.2 Å². The van der Waals surface area contributed by atoms with Gasteiger partial charge in [0, 0.05) is 19.6 Å². The van der Waals surface area contributed by atoms with Gasteiger partial charge in [0.1, 0.15) is 6.04 Å². The standard InChI is InChI=1S/C13H23N3O2/c1-8-3-4-10(14)9(7-8)12(17)15-11-5-6-16(2)13(11)18/h8-11H,3-7,14H2,1-2H3,(H,15,17). The summed E-state index contributed by atoms with van der Waals surface area (Å²) in [7, 11) is 1.77. The first kappa shape index (κ1) is 13.3. The Hall–Kier alpha value is -1.10. The van der Waals surface area contributed by atoms with Gasteiger partial charge in [-0.05, 0) is 31.6 Å². The maximum absolute atomic E-state index is 12.2. The SMILES string of the molecule is CC1CCC(N)C(C(=O)NC2CCN(C)C2=O)C1. The van der Waals surface area contributed by atoms with E-state index in [1.54, 1.807) is 11.9 Å². The van der Waals surface area contributed by atoms with Gasteiger partial charge >= 0.3 is 0 Å². The first-order valence-corrected chi connectivity index (χ1v) is 6.80. The number of hydrogen-bond acceptors (Lipinski definition) is 3. The molecule has 5 heteroatoms. The van der Waals surface area contributed by atoms with Crippen molar-refractivity contribution < 1.29 is 9.59 Å². The molecule has 0 spiro atoms. The first-order valence-electron chi connectivity index (χ1n) is 6.80. The smallest absolute Gasteiger partial charge is 0.244 e. The van der Waals surface area contributed by atoms with E-state index in [0.29, 0.717) is 12.3 Å². The van der Waals surface area contributed by atoms with Crippen molar-refractivity contribution in [2.75, 3.05) is 13.6 Å². The summed E-state index contributed by atoms with van der Waals surface area (Å²) in [6.45, 7) is 2.87. The summed E-state index contributed by atoms with van der Waals surface area (Å²) >= 11 is 0. The molecule has 102 valence electrons. The van der Waals surface area contributed by atoms with E-state index in [0.717, 1.165) is 25.8 Å². The van der Waals surface area contributed by atoms with Gasteiger partial charge in [0.05, 0.1) is 5.92 Å². The monoisotopic (exact) mass is 253 g/mol. The van der Waals surface area contributed by atoms with Crippen molar-refractivity contribution in [2.45, 2.75) is 44.7 Å². The summed E-state index contributed by atoms with van der Waals surface area (Å²) < 4.78 is 0. The molecule has 2 amide bonds. The maximum atomic E-state index is 12.2. The van der Waals surface area contributed by atoms with Crippen LogP contribution in [0, 0.1) is 11.8 Å². The molecule has 5 nitrogen and oxygen atoms in total. The Morgan fingerprint density at radius 2 is 2.11 bits per heavy atom. The number of carbonyl (C=O) groups excluding carboxylic acids is 2. The van der Waals surface area contributed by atoms with Crippen LogP contribution in [-0.4, -0.2) is 42.4 Å². The third-order valence-electron chi connectivity index (χ3n) is 4.25. The van der Waals surface area contributed by atoms with Crippen molar-refractivity contribution in [3.63, 3.8) is 0 Å². The molecular formula is C13H23N3O2. The minimum atomic E-state index is -0.341. The van der Waals surface area contributed by atoms with Gasteiger partial charge < -0.3 is 16.0 Å². The molecule has 0 aromatic rings. The molecule has 3 N–H and O–H groups in total. The van der Waals surface area contributed by atoms with Crippen molar-refractivity contribution in [3.05, 3.63) is 0 Å². The second-order valence-corrected chi connectivity index (χ2v) is 5.80. The van der Waals surface area contributed by atoms with Crippen LogP contribution in [0.15, 0.2) is 0 Å². The van der Waals surface area contributed by atoms with Crippen LogP contribution in [0.1, 0.15) is 32.6 Å². The average molecular weight is 253 g/mol. The number of likely N-dealkylation sites (N-methyl/N-ethyl adjacent to an activating group) is 1. The molecule has 4 unspecified atom stereocenters. The summed E-state index contributed by atoms with van der Waals surface area (Å²) in [5.41, 5.74) is 6.02. The van der Waals surface area contributed by atoms with Gasteiger partial charge in [-0.1, -0.05) is 6.92 Å². The number of hydrogen-bond donors (Lipinski definition) is 2. The number of carbonyl (C=O) groups is 2. The zero-order valence-electron chi connectivity index (χ0n) is 11.2. The van der Waals surface area contributed by atoms with Crippen LogP contribution < -0.4 is 11.1 Å². The molecule has 0 bridgehead atoms. The highest BCUT2D eigenvalue weighted by Gasteiger charge is 2.36. The number of rotatable bonds is 2. The maximum Gasteiger partial charge on any atom is 0.244 e. The lowest BCUT2D eigenvalue weighted by atomic mass is 9.78. The fraction of sp³-hybridized carbons (Fsp3) is 0.846. The van der Waals surface area contributed by atoms with Crippen LogP contribution in [-0.2, 0) is 9.59 Å². The first-order chi connectivity index (χ1) is 8.49. The number of nitrogens with two attached hydrogens (primary N) is 1. The normalized spacial score (nSPS) is 36.8. The van der Waals surface area contributed by atoms with Crippen molar-refractivity contribution in [2.24, 2.45) is 17.6 Å². The molecule has 0 aromatic carbocycles. The van der Waals surface area contributed by atoms with Gasteiger partial charge in [0.15, 0.2) is 0 Å². The van der Waals surface area contributed by atoms with E-state index in [1.165, 1.54) is 0 Å². The summed E-state index contributed by atoms with van der Waals surface area (Å²) in [5, 5.41) is 2.87. The van der Waals surface area contributed by atoms with E-state index in [9.17, 15) is 9.59 Å². The molecule has 1 heterocycles. The molecule has 0 aromatic heterocycles. The van der Waals surface area contributed by atoms with Crippen molar-refractivity contribution in [3.8, 4) is 0 Å². The number of likely N-dealkylation sites (tertiary alicyclic amines) is 1. The van der Waals surface area contributed by atoms with E-state index >= 15 is 0 Å². The van der Waals surface area contributed by atoms with Gasteiger partial charge in [0.25, 0.3) is 0 Å². The minimum Gasteiger partial charge on any atom is -0.344 e. The summed E-state index contributed by atoms with van der Waals surface area (Å²) in [6, 6.07) is -0.401. The molecule has 18 heavy (non-hydrogen) atoms. The summed E-state index contributed by atoms with van der Waals surface area (Å²) in [5.74, 6) is 0.387. The minimum absolute atomic E-state index is 0.0146. The van der Waals surface area contributed by atoms with Gasteiger partial charge in [-0.2, -0.15) is 0 Å². The Morgan fingerprint density at radius 1 is 1.39 bits per heavy atom. The summed E-state index contributed by atoms with van der Waals surface area (Å²) in [6.07, 6.45) is 3.54. The molecule has 0 radical (unpaired) electrons. The van der Waals surface area contributed by atoms with Crippen molar-refractivity contribution >= 4 is 11.8 Å². The molecular weight excluding hydrogens is 230 g/mol. The predicted octanol–water partition coefficient (Wildman–Crippen LogP) is 0.0968. The average Bonchev–Trinajstić information content (AvgIpc) is 2.64. The van der Waals surface area contributed by atoms with Crippen LogP contribution in [0.5, 0.6) is 0 Å². The third-order valence-corrected chi connectivity index (χ3v) is 4.25. The highest BCUT2D eigenvalue weighted by molar-refractivity contribution is 5.90. The number of nitrogens with one attached hydrogen (secondary N) is 1. The molecule has 1 aliphatic carbocycles. The Kier molecular flexibility index (Phi) is 3.90. The van der Waals surface area contributed by atoms with Gasteiger partial charge in [-0.3, -0.25) is 9.59 Å². The lowest BCUT2D eigenvalue weighted by molar-refractivity contribution is -0.134. The number of nitrogens with zero attached hydrogens (tertiary/aromatic N) is 1. The zero-order chi connectivity index (χ0) is 13.3. The quantitative estimate of drug-likeness (QED) is 0.732. The lowest BCUT2D eigenvalue weighted by Gasteiger charge is -2.32. The van der Waals surface area contributed by atoms with Crippen LogP contribution in [0.2, 0.25) is 0 Å². The lowest BCUT2D eigenvalue weighted by Crippen LogP contribution is -2.49. The van der Waals surface area contributed by atoms with E-state index in [2.05, 4.69) is 12.2 Å². The second-order valence-electron chi connectivity index (χ2n) is 5.80. The highest BCUT2D eigenvalue weighted by atomic mass is 16.2. The molecule has 1 saturated heterocycles. The van der Waals surface area contributed by atoms with E-state index in [-0.39, 0.29) is 29.8 Å². The number of amides is 2. The second kappa shape index (κ2) is 5.26. The van der Waals surface area contributed by atoms with E-state index in [4.69, 9.17) is 5.73 Å². The molecule has 2 rings (SSSR count). The predicted molar refractivity (Wildman–Crippen MR) is 68.7 cm³/mol. The largest absolute Gasteiger partial charge is 0.344 e. The molecule has 4 atom stereocenters. The topological polar surface area (TPSA) is 75.4 Å². The van der Waals surface area contributed by atoms with Gasteiger partial charge in [0.2, 0.25) is 11.8 Å². The molecule has 2 fully saturated rings. The molecule has 1 saturated carbocycles. The van der Waals surface area contributed by atoms with Crippen LogP contribution in [0.4, 0.5) is 0 Å². The van der Waals surface area contributed by atoms with Crippen LogP contribution in [0.25, 0.3) is 0 Å². The Labute approximate surface area is 108 Å². The third kappa shape index (κ3) is 2.66. The summed E-state index contributed by atoms with van der Waals surface area (Å²) in [4.78, 5) is 25.6. The highest BCUT2D eigenvalue weighted by Crippen LogP contribution is 2.28. The van der Waals surface area contributed by atoms with E-state index in [1.807, 2.05) is 0 Å². The molecule has 1 aliphatic heterocycles. The fourth-order valence-corrected chi connectivity index (χ4v) is 2.94. The Bertz CT molecular complexity index is 345. The zero-order valence-corrected chi connectivity index (χ0v) is 11.2. The van der Waals surface area contributed by atoms with Crippen molar-refractivity contribution in [1.29, 1.82) is 0 Å². The Balaban J connectivity index is 1.93. The van der Waals surface area contributed by atoms with Crippen LogP contribution in [0.3, 0.4) is 0 Å². The van der Waals surface area contributed by atoms with Gasteiger partial charge in [-0.15, -0.1) is 0 Å². The fourth-order valence-electron chi connectivity index (χ4n) is 2.94. The Morgan fingerprint density at radius 3 is 2.72 bits per heavy atom. The van der Waals surface area contributed by atoms with Crippen LogP contribution >= 0.6 is 0 Å². The molecule has 2 aliphatic rings. The van der Waals surface area contributed by atoms with Gasteiger partial charge in [-0.25, -0.2) is 0 Å².